The number of ether oxygens (including phenoxy) is 1. The minimum atomic E-state index is -0.627. The van der Waals surface area contributed by atoms with E-state index in [9.17, 15) is 4.79 Å². The van der Waals surface area contributed by atoms with Gasteiger partial charge in [-0.3, -0.25) is 9.69 Å². The smallest absolute Gasteiger partial charge is 0.316 e. The molecule has 1 unspecified atom stereocenters. The van der Waals surface area contributed by atoms with Crippen LogP contribution < -0.4 is 4.90 Å². The van der Waals surface area contributed by atoms with Gasteiger partial charge in [-0.25, -0.2) is 0 Å². The standard InChI is InChI=1S/C25H32BrClN2O2/c1-19(2)25(24(30)31-3,20-8-10-21(26)11-9-20)12-5-13-28-14-16-29(17-15-28)23-7-4-6-22(27)18-23/h4,6-11,18-19H,5,12-17H2,1-3H3. The van der Waals surface area contributed by atoms with Gasteiger partial charge in [0.1, 0.15) is 0 Å². The van der Waals surface area contributed by atoms with E-state index in [2.05, 4.69) is 45.6 Å². The molecule has 0 spiro atoms. The molecule has 0 aromatic heterocycles. The molecule has 1 aliphatic heterocycles. The van der Waals surface area contributed by atoms with Gasteiger partial charge in [-0.1, -0.05) is 59.6 Å². The number of piperazine rings is 1. The third-order valence-corrected chi connectivity index (χ3v) is 7.25. The van der Waals surface area contributed by atoms with Gasteiger partial charge in [-0.05, 0) is 61.2 Å². The number of esters is 1. The predicted octanol–water partition coefficient (Wildman–Crippen LogP) is 5.77. The Hall–Kier alpha value is -1.56. The second-order valence-corrected chi connectivity index (χ2v) is 9.89. The quantitative estimate of drug-likeness (QED) is 0.425. The van der Waals surface area contributed by atoms with Gasteiger partial charge in [0.05, 0.1) is 12.5 Å². The molecule has 0 aliphatic carbocycles. The Balaban J connectivity index is 1.62. The molecule has 0 N–H and O–H groups in total. The normalized spacial score (nSPS) is 16.9. The summed E-state index contributed by atoms with van der Waals surface area (Å²) < 4.78 is 6.31. The Labute approximate surface area is 199 Å². The van der Waals surface area contributed by atoms with E-state index in [1.54, 1.807) is 0 Å². The number of hydrogen-bond donors (Lipinski definition) is 0. The first-order valence-corrected chi connectivity index (χ1v) is 12.1. The Morgan fingerprint density at radius 1 is 1.13 bits per heavy atom. The molecule has 1 fully saturated rings. The lowest BCUT2D eigenvalue weighted by molar-refractivity contribution is -0.150. The van der Waals surface area contributed by atoms with Crippen LogP contribution in [0.2, 0.25) is 5.02 Å². The molecular weight excluding hydrogens is 476 g/mol. The van der Waals surface area contributed by atoms with E-state index < -0.39 is 5.41 Å². The number of carbonyl (C=O) groups excluding carboxylic acids is 1. The van der Waals surface area contributed by atoms with Crippen molar-refractivity contribution in [1.82, 2.24) is 4.90 Å². The Bertz CT molecular complexity index is 866. The molecule has 2 aromatic rings. The largest absolute Gasteiger partial charge is 0.468 e. The van der Waals surface area contributed by atoms with E-state index in [4.69, 9.17) is 16.3 Å². The maximum atomic E-state index is 13.0. The molecule has 1 atom stereocenters. The van der Waals surface area contributed by atoms with Gasteiger partial charge in [0.2, 0.25) is 0 Å². The van der Waals surface area contributed by atoms with Gasteiger partial charge < -0.3 is 9.64 Å². The number of methoxy groups -OCH3 is 1. The second-order valence-electron chi connectivity index (χ2n) is 8.54. The van der Waals surface area contributed by atoms with Crippen molar-refractivity contribution in [2.75, 3.05) is 44.7 Å². The highest BCUT2D eigenvalue weighted by molar-refractivity contribution is 9.10. The van der Waals surface area contributed by atoms with Gasteiger partial charge in [-0.15, -0.1) is 0 Å². The van der Waals surface area contributed by atoms with E-state index in [0.717, 1.165) is 60.6 Å². The summed E-state index contributed by atoms with van der Waals surface area (Å²) in [5.74, 6) is -0.00333. The van der Waals surface area contributed by atoms with Crippen LogP contribution >= 0.6 is 27.5 Å². The third-order valence-electron chi connectivity index (χ3n) is 6.49. The van der Waals surface area contributed by atoms with Gasteiger partial charge in [0, 0.05) is 41.4 Å². The summed E-state index contributed by atoms with van der Waals surface area (Å²) in [6.07, 6.45) is 1.72. The van der Waals surface area contributed by atoms with Crippen LogP contribution in [0.3, 0.4) is 0 Å². The lowest BCUT2D eigenvalue weighted by Gasteiger charge is -2.38. The summed E-state index contributed by atoms with van der Waals surface area (Å²) in [6.45, 7) is 9.20. The molecule has 1 heterocycles. The average molecular weight is 508 g/mol. The number of hydrogen-bond acceptors (Lipinski definition) is 4. The second kappa shape index (κ2) is 10.8. The van der Waals surface area contributed by atoms with E-state index >= 15 is 0 Å². The topological polar surface area (TPSA) is 32.8 Å². The summed E-state index contributed by atoms with van der Waals surface area (Å²) in [5.41, 5.74) is 1.59. The van der Waals surface area contributed by atoms with E-state index in [-0.39, 0.29) is 11.9 Å². The lowest BCUT2D eigenvalue weighted by Crippen LogP contribution is -2.47. The van der Waals surface area contributed by atoms with Gasteiger partial charge in [0.15, 0.2) is 0 Å². The van der Waals surface area contributed by atoms with Gasteiger partial charge >= 0.3 is 5.97 Å². The highest BCUT2D eigenvalue weighted by Crippen LogP contribution is 2.39. The van der Waals surface area contributed by atoms with Crippen molar-refractivity contribution in [1.29, 1.82) is 0 Å². The van der Waals surface area contributed by atoms with Crippen molar-refractivity contribution < 1.29 is 9.53 Å². The van der Waals surface area contributed by atoms with E-state index in [0.29, 0.717) is 0 Å². The van der Waals surface area contributed by atoms with Crippen molar-refractivity contribution in [2.45, 2.75) is 32.1 Å². The molecule has 1 aliphatic rings. The third kappa shape index (κ3) is 5.63. The molecular formula is C25H32BrClN2O2. The number of benzene rings is 2. The van der Waals surface area contributed by atoms with Crippen molar-refractivity contribution in [2.24, 2.45) is 5.92 Å². The van der Waals surface area contributed by atoms with Crippen LogP contribution in [0.15, 0.2) is 53.0 Å². The summed E-state index contributed by atoms with van der Waals surface area (Å²) in [4.78, 5) is 17.9. The first kappa shape index (κ1) is 24.1. The van der Waals surface area contributed by atoms with Crippen molar-refractivity contribution in [3.05, 3.63) is 63.6 Å². The van der Waals surface area contributed by atoms with Crippen LogP contribution in [0.1, 0.15) is 32.3 Å². The fourth-order valence-electron chi connectivity index (χ4n) is 4.64. The van der Waals surface area contributed by atoms with Crippen molar-refractivity contribution >= 4 is 39.2 Å². The zero-order valence-electron chi connectivity index (χ0n) is 18.6. The molecule has 6 heteroatoms. The average Bonchev–Trinajstić information content (AvgIpc) is 2.77. The number of nitrogens with zero attached hydrogens (tertiary/aromatic N) is 2. The van der Waals surface area contributed by atoms with Crippen LogP contribution in [0.25, 0.3) is 0 Å². The summed E-state index contributed by atoms with van der Waals surface area (Å²) >= 11 is 9.65. The highest BCUT2D eigenvalue weighted by atomic mass is 79.9. The number of anilines is 1. The van der Waals surface area contributed by atoms with Gasteiger partial charge in [-0.2, -0.15) is 0 Å². The van der Waals surface area contributed by atoms with E-state index in [1.165, 1.54) is 12.8 Å². The van der Waals surface area contributed by atoms with Crippen LogP contribution in [-0.4, -0.2) is 50.7 Å². The molecule has 0 radical (unpaired) electrons. The van der Waals surface area contributed by atoms with Crippen molar-refractivity contribution in [3.8, 4) is 0 Å². The maximum Gasteiger partial charge on any atom is 0.316 e. The van der Waals surface area contributed by atoms with Crippen LogP contribution in [0.5, 0.6) is 0 Å². The fourth-order valence-corrected chi connectivity index (χ4v) is 5.08. The van der Waals surface area contributed by atoms with Crippen LogP contribution in [-0.2, 0) is 14.9 Å². The molecule has 4 nitrogen and oxygen atoms in total. The number of carbonyl (C=O) groups is 1. The number of halogens is 2. The monoisotopic (exact) mass is 506 g/mol. The fraction of sp³-hybridized carbons (Fsp3) is 0.480. The summed E-state index contributed by atoms with van der Waals surface area (Å²) in [5, 5.41) is 0.778. The minimum absolute atomic E-state index is 0.140. The molecule has 3 rings (SSSR count). The zero-order valence-corrected chi connectivity index (χ0v) is 21.0. The Morgan fingerprint density at radius 2 is 1.81 bits per heavy atom. The molecule has 0 bridgehead atoms. The molecule has 31 heavy (non-hydrogen) atoms. The SMILES string of the molecule is COC(=O)C(CCCN1CCN(c2cccc(Cl)c2)CC1)(c1ccc(Br)cc1)C(C)C. The van der Waals surface area contributed by atoms with Crippen molar-refractivity contribution in [3.63, 3.8) is 0 Å². The number of rotatable bonds is 8. The van der Waals surface area contributed by atoms with Crippen LogP contribution in [0, 0.1) is 5.92 Å². The Morgan fingerprint density at radius 3 is 2.39 bits per heavy atom. The minimum Gasteiger partial charge on any atom is -0.468 e. The first-order chi connectivity index (χ1) is 14.9. The maximum absolute atomic E-state index is 13.0. The Kier molecular flexibility index (Phi) is 8.43. The van der Waals surface area contributed by atoms with Gasteiger partial charge in [0.25, 0.3) is 0 Å². The molecule has 0 saturated carbocycles. The van der Waals surface area contributed by atoms with Crippen LogP contribution in [0.4, 0.5) is 5.69 Å². The molecule has 1 saturated heterocycles. The van der Waals surface area contributed by atoms with E-state index in [1.807, 2.05) is 42.5 Å². The highest BCUT2D eigenvalue weighted by Gasteiger charge is 2.44. The predicted molar refractivity (Wildman–Crippen MR) is 132 cm³/mol. The molecule has 168 valence electrons. The lowest BCUT2D eigenvalue weighted by atomic mass is 9.68. The molecule has 0 amide bonds. The molecule has 2 aromatic carbocycles. The summed E-state index contributed by atoms with van der Waals surface area (Å²) in [7, 11) is 1.49. The first-order valence-electron chi connectivity index (χ1n) is 10.9. The zero-order chi connectivity index (χ0) is 22.4. The summed E-state index contributed by atoms with van der Waals surface area (Å²) in [6, 6.07) is 16.2.